The standard InChI is InChI=1S/C26H24N4O/c31-26(28-18-7-10-20-8-3-1-4-9-20)22-13-15-23(16-14-22)29-24-17-19-27-25(30-24)21-11-5-2-6-12-21/h1-6,8-9,11-17,19H,7,10,18H2,(H,28,31)(H,27,29,30). The zero-order valence-electron chi connectivity index (χ0n) is 17.2. The van der Waals surface area contributed by atoms with E-state index in [4.69, 9.17) is 0 Å². The van der Waals surface area contributed by atoms with Crippen molar-refractivity contribution in [1.82, 2.24) is 15.3 Å². The first-order chi connectivity index (χ1) is 15.3. The number of aromatic nitrogens is 2. The number of carbonyl (C=O) groups is 1. The highest BCUT2D eigenvalue weighted by atomic mass is 16.1. The van der Waals surface area contributed by atoms with Crippen molar-refractivity contribution in [3.05, 3.63) is 108 Å². The van der Waals surface area contributed by atoms with Crippen LogP contribution in [0.15, 0.2) is 97.2 Å². The molecule has 4 aromatic rings. The zero-order valence-corrected chi connectivity index (χ0v) is 17.2. The highest BCUT2D eigenvalue weighted by molar-refractivity contribution is 5.94. The van der Waals surface area contributed by atoms with Crippen LogP contribution in [-0.4, -0.2) is 22.4 Å². The maximum Gasteiger partial charge on any atom is 0.251 e. The van der Waals surface area contributed by atoms with Crippen LogP contribution in [0.1, 0.15) is 22.3 Å². The molecule has 154 valence electrons. The number of nitrogens with zero attached hydrogens (tertiary/aromatic N) is 2. The van der Waals surface area contributed by atoms with E-state index in [1.165, 1.54) is 5.56 Å². The van der Waals surface area contributed by atoms with Gasteiger partial charge in [0.1, 0.15) is 5.82 Å². The second kappa shape index (κ2) is 10.2. The van der Waals surface area contributed by atoms with E-state index in [0.29, 0.717) is 23.8 Å². The summed E-state index contributed by atoms with van der Waals surface area (Å²) in [7, 11) is 0. The summed E-state index contributed by atoms with van der Waals surface area (Å²) < 4.78 is 0. The fourth-order valence-corrected chi connectivity index (χ4v) is 3.25. The normalized spacial score (nSPS) is 10.5. The molecule has 0 unspecified atom stereocenters. The summed E-state index contributed by atoms with van der Waals surface area (Å²) >= 11 is 0. The van der Waals surface area contributed by atoms with Crippen LogP contribution in [0.25, 0.3) is 11.4 Å². The van der Waals surface area contributed by atoms with Gasteiger partial charge in [-0.25, -0.2) is 9.97 Å². The summed E-state index contributed by atoms with van der Waals surface area (Å²) in [6, 6.07) is 29.3. The van der Waals surface area contributed by atoms with Crippen molar-refractivity contribution < 1.29 is 4.79 Å². The quantitative estimate of drug-likeness (QED) is 0.391. The lowest BCUT2D eigenvalue weighted by molar-refractivity contribution is 0.0953. The van der Waals surface area contributed by atoms with Crippen LogP contribution in [0.5, 0.6) is 0 Å². The Hall–Kier alpha value is -3.99. The van der Waals surface area contributed by atoms with Gasteiger partial charge in [0, 0.05) is 29.6 Å². The van der Waals surface area contributed by atoms with Gasteiger partial charge in [0.25, 0.3) is 5.91 Å². The molecule has 0 fully saturated rings. The minimum Gasteiger partial charge on any atom is -0.352 e. The van der Waals surface area contributed by atoms with Gasteiger partial charge in [-0.05, 0) is 48.7 Å². The summed E-state index contributed by atoms with van der Waals surface area (Å²) in [5, 5.41) is 6.25. The van der Waals surface area contributed by atoms with Crippen molar-refractivity contribution in [3.8, 4) is 11.4 Å². The Balaban J connectivity index is 1.30. The Labute approximate surface area is 182 Å². The number of hydrogen-bond donors (Lipinski definition) is 2. The van der Waals surface area contributed by atoms with Crippen molar-refractivity contribution in [2.24, 2.45) is 0 Å². The molecule has 3 aromatic carbocycles. The molecule has 31 heavy (non-hydrogen) atoms. The number of benzene rings is 3. The highest BCUT2D eigenvalue weighted by Gasteiger charge is 2.06. The van der Waals surface area contributed by atoms with E-state index in [1.807, 2.05) is 78.9 Å². The number of amides is 1. The van der Waals surface area contributed by atoms with Crippen LogP contribution in [0.2, 0.25) is 0 Å². The lowest BCUT2D eigenvalue weighted by Crippen LogP contribution is -2.24. The molecule has 0 aliphatic heterocycles. The number of aryl methyl sites for hydroxylation is 1. The average molecular weight is 409 g/mol. The molecule has 4 rings (SSSR count). The van der Waals surface area contributed by atoms with Crippen LogP contribution in [0, 0.1) is 0 Å². The average Bonchev–Trinajstić information content (AvgIpc) is 2.84. The lowest BCUT2D eigenvalue weighted by Gasteiger charge is -2.09. The predicted molar refractivity (Wildman–Crippen MR) is 124 cm³/mol. The number of anilines is 2. The Bertz CT molecular complexity index is 1110. The third kappa shape index (κ3) is 5.76. The second-order valence-electron chi connectivity index (χ2n) is 7.18. The Morgan fingerprint density at radius 3 is 2.26 bits per heavy atom. The molecule has 0 atom stereocenters. The van der Waals surface area contributed by atoms with Gasteiger partial charge >= 0.3 is 0 Å². The largest absolute Gasteiger partial charge is 0.352 e. The van der Waals surface area contributed by atoms with Crippen molar-refractivity contribution in [2.75, 3.05) is 11.9 Å². The lowest BCUT2D eigenvalue weighted by atomic mass is 10.1. The van der Waals surface area contributed by atoms with E-state index in [1.54, 1.807) is 6.20 Å². The van der Waals surface area contributed by atoms with Crippen molar-refractivity contribution in [1.29, 1.82) is 0 Å². The van der Waals surface area contributed by atoms with Gasteiger partial charge in [-0.1, -0.05) is 60.7 Å². The topological polar surface area (TPSA) is 66.9 Å². The molecule has 0 bridgehead atoms. The molecule has 1 aromatic heterocycles. The van der Waals surface area contributed by atoms with Crippen LogP contribution >= 0.6 is 0 Å². The molecule has 2 N–H and O–H groups in total. The molecule has 0 spiro atoms. The maximum absolute atomic E-state index is 12.4. The van der Waals surface area contributed by atoms with E-state index in [9.17, 15) is 4.79 Å². The number of carbonyl (C=O) groups excluding carboxylic acids is 1. The van der Waals surface area contributed by atoms with Gasteiger partial charge < -0.3 is 10.6 Å². The summed E-state index contributed by atoms with van der Waals surface area (Å²) in [5.41, 5.74) is 3.74. The van der Waals surface area contributed by atoms with Gasteiger partial charge in [0.2, 0.25) is 0 Å². The number of nitrogens with one attached hydrogen (secondary N) is 2. The van der Waals surface area contributed by atoms with Crippen molar-refractivity contribution in [2.45, 2.75) is 12.8 Å². The molecular weight excluding hydrogens is 384 g/mol. The van der Waals surface area contributed by atoms with E-state index in [2.05, 4.69) is 32.7 Å². The summed E-state index contributed by atoms with van der Waals surface area (Å²) in [6.07, 6.45) is 3.59. The Morgan fingerprint density at radius 2 is 1.52 bits per heavy atom. The number of hydrogen-bond acceptors (Lipinski definition) is 4. The Morgan fingerprint density at radius 1 is 0.806 bits per heavy atom. The molecule has 0 radical (unpaired) electrons. The highest BCUT2D eigenvalue weighted by Crippen LogP contribution is 2.19. The van der Waals surface area contributed by atoms with Gasteiger partial charge in [0.05, 0.1) is 0 Å². The SMILES string of the molecule is O=C(NCCCc1ccccc1)c1ccc(Nc2ccnc(-c3ccccc3)n2)cc1. The fraction of sp³-hybridized carbons (Fsp3) is 0.115. The van der Waals surface area contributed by atoms with Gasteiger partial charge in [-0.3, -0.25) is 4.79 Å². The smallest absolute Gasteiger partial charge is 0.251 e. The van der Waals surface area contributed by atoms with Crippen LogP contribution < -0.4 is 10.6 Å². The zero-order chi connectivity index (χ0) is 21.3. The van der Waals surface area contributed by atoms with Crippen LogP contribution in [0.4, 0.5) is 11.5 Å². The third-order valence-electron chi connectivity index (χ3n) is 4.88. The van der Waals surface area contributed by atoms with Crippen molar-refractivity contribution in [3.63, 3.8) is 0 Å². The second-order valence-corrected chi connectivity index (χ2v) is 7.18. The molecule has 0 aliphatic carbocycles. The molecule has 0 saturated heterocycles. The molecule has 5 nitrogen and oxygen atoms in total. The fourth-order valence-electron chi connectivity index (χ4n) is 3.25. The van der Waals surface area contributed by atoms with E-state index in [-0.39, 0.29) is 5.91 Å². The molecule has 0 aliphatic rings. The maximum atomic E-state index is 12.4. The minimum absolute atomic E-state index is 0.0620. The summed E-state index contributed by atoms with van der Waals surface area (Å²) in [5.74, 6) is 1.30. The monoisotopic (exact) mass is 408 g/mol. The van der Waals surface area contributed by atoms with Gasteiger partial charge in [-0.15, -0.1) is 0 Å². The molecule has 1 heterocycles. The molecule has 1 amide bonds. The first-order valence-corrected chi connectivity index (χ1v) is 10.4. The first-order valence-electron chi connectivity index (χ1n) is 10.4. The number of rotatable bonds is 8. The minimum atomic E-state index is -0.0620. The Kier molecular flexibility index (Phi) is 6.65. The molecule has 0 saturated carbocycles. The molecular formula is C26H24N4O. The van der Waals surface area contributed by atoms with Gasteiger partial charge in [-0.2, -0.15) is 0 Å². The summed E-state index contributed by atoms with van der Waals surface area (Å²) in [4.78, 5) is 21.3. The van der Waals surface area contributed by atoms with Crippen LogP contribution in [0.3, 0.4) is 0 Å². The van der Waals surface area contributed by atoms with Gasteiger partial charge in [0.15, 0.2) is 5.82 Å². The molecule has 5 heteroatoms. The van der Waals surface area contributed by atoms with E-state index in [0.717, 1.165) is 24.1 Å². The van der Waals surface area contributed by atoms with E-state index >= 15 is 0 Å². The van der Waals surface area contributed by atoms with Crippen LogP contribution in [-0.2, 0) is 6.42 Å². The third-order valence-corrected chi connectivity index (χ3v) is 4.88. The summed E-state index contributed by atoms with van der Waals surface area (Å²) in [6.45, 7) is 0.650. The first kappa shape index (κ1) is 20.3. The van der Waals surface area contributed by atoms with Crippen molar-refractivity contribution >= 4 is 17.4 Å². The van der Waals surface area contributed by atoms with E-state index < -0.39 is 0 Å². The predicted octanol–water partition coefficient (Wildman–Crippen LogP) is 5.25.